The van der Waals surface area contributed by atoms with Crippen LogP contribution >= 0.6 is 22.6 Å². The van der Waals surface area contributed by atoms with Crippen molar-refractivity contribution in [3.63, 3.8) is 0 Å². The molecule has 0 aliphatic rings. The third kappa shape index (κ3) is 3.16. The van der Waals surface area contributed by atoms with E-state index in [-0.39, 0.29) is 5.41 Å². The van der Waals surface area contributed by atoms with Gasteiger partial charge in [-0.05, 0) is 34.1 Å². The normalized spacial score (nSPS) is 11.3. The zero-order chi connectivity index (χ0) is 14.0. The molecule has 0 saturated carbocycles. The summed E-state index contributed by atoms with van der Waals surface area (Å²) in [6, 6.07) is 8.24. The van der Waals surface area contributed by atoms with E-state index >= 15 is 0 Å². The molecule has 19 heavy (non-hydrogen) atoms. The quantitative estimate of drug-likeness (QED) is 0.813. The zero-order valence-electron chi connectivity index (χ0n) is 11.3. The van der Waals surface area contributed by atoms with Gasteiger partial charge in [-0.1, -0.05) is 32.9 Å². The Morgan fingerprint density at radius 1 is 1.37 bits per heavy atom. The minimum atomic E-state index is 0.157. The molecule has 0 amide bonds. The number of para-hydroxylation sites is 1. The smallest absolute Gasteiger partial charge is 0.103 e. The number of rotatable bonds is 2. The standard InChI is InChI=1S/C15H16IN3/c1-15(2,3)9-19-13-10(7-17)8-18-14-11(13)5-4-6-12(14)16/h4-6,8H,9H2,1-3H3,(H,18,19). The van der Waals surface area contributed by atoms with E-state index in [0.717, 1.165) is 26.7 Å². The summed E-state index contributed by atoms with van der Waals surface area (Å²) in [6.07, 6.45) is 1.65. The van der Waals surface area contributed by atoms with Crippen molar-refractivity contribution in [2.24, 2.45) is 5.41 Å². The highest BCUT2D eigenvalue weighted by Gasteiger charge is 2.14. The van der Waals surface area contributed by atoms with Crippen molar-refractivity contribution in [3.8, 4) is 6.07 Å². The third-order valence-electron chi connectivity index (χ3n) is 2.76. The number of benzene rings is 1. The maximum atomic E-state index is 9.24. The molecular weight excluding hydrogens is 349 g/mol. The fourth-order valence-electron chi connectivity index (χ4n) is 1.82. The molecule has 1 aromatic carbocycles. The summed E-state index contributed by atoms with van der Waals surface area (Å²) in [5.74, 6) is 0. The Hall–Kier alpha value is -1.35. The lowest BCUT2D eigenvalue weighted by atomic mass is 9.96. The Kier molecular flexibility index (Phi) is 3.95. The molecule has 0 aliphatic carbocycles. The van der Waals surface area contributed by atoms with Crippen LogP contribution in [-0.4, -0.2) is 11.5 Å². The largest absolute Gasteiger partial charge is 0.383 e. The molecule has 1 heterocycles. The van der Waals surface area contributed by atoms with Crippen molar-refractivity contribution in [2.75, 3.05) is 11.9 Å². The highest BCUT2D eigenvalue weighted by molar-refractivity contribution is 14.1. The van der Waals surface area contributed by atoms with Crippen molar-refractivity contribution < 1.29 is 0 Å². The van der Waals surface area contributed by atoms with Gasteiger partial charge in [-0.3, -0.25) is 4.98 Å². The predicted molar refractivity (Wildman–Crippen MR) is 87.1 cm³/mol. The number of nitrogens with one attached hydrogen (secondary N) is 1. The highest BCUT2D eigenvalue weighted by Crippen LogP contribution is 2.29. The molecule has 0 spiro atoms. The van der Waals surface area contributed by atoms with Crippen molar-refractivity contribution >= 4 is 39.2 Å². The van der Waals surface area contributed by atoms with Gasteiger partial charge in [0.05, 0.1) is 16.8 Å². The summed E-state index contributed by atoms with van der Waals surface area (Å²) in [5, 5.41) is 13.7. The van der Waals surface area contributed by atoms with E-state index in [1.807, 2.05) is 18.2 Å². The Morgan fingerprint density at radius 3 is 2.74 bits per heavy atom. The molecule has 0 saturated heterocycles. The number of halogens is 1. The molecule has 4 heteroatoms. The van der Waals surface area contributed by atoms with E-state index in [1.54, 1.807) is 6.20 Å². The summed E-state index contributed by atoms with van der Waals surface area (Å²) < 4.78 is 1.10. The second-order valence-corrected chi connectivity index (χ2v) is 6.87. The summed E-state index contributed by atoms with van der Waals surface area (Å²) in [7, 11) is 0. The van der Waals surface area contributed by atoms with Crippen LogP contribution < -0.4 is 5.32 Å². The van der Waals surface area contributed by atoms with E-state index in [1.165, 1.54) is 0 Å². The zero-order valence-corrected chi connectivity index (χ0v) is 13.4. The molecule has 2 aromatic rings. The number of pyridine rings is 1. The van der Waals surface area contributed by atoms with Crippen LogP contribution in [0.25, 0.3) is 10.9 Å². The molecule has 3 nitrogen and oxygen atoms in total. The maximum Gasteiger partial charge on any atom is 0.103 e. The lowest BCUT2D eigenvalue weighted by Crippen LogP contribution is -2.19. The Morgan fingerprint density at radius 2 is 2.11 bits per heavy atom. The first-order valence-electron chi connectivity index (χ1n) is 6.13. The molecule has 2 rings (SSSR count). The van der Waals surface area contributed by atoms with Gasteiger partial charge < -0.3 is 5.32 Å². The van der Waals surface area contributed by atoms with Crippen LogP contribution in [0.3, 0.4) is 0 Å². The van der Waals surface area contributed by atoms with Crippen molar-refractivity contribution in [1.29, 1.82) is 5.26 Å². The Labute approximate surface area is 127 Å². The number of fused-ring (bicyclic) bond motifs is 1. The second-order valence-electron chi connectivity index (χ2n) is 5.71. The van der Waals surface area contributed by atoms with Crippen LogP contribution in [-0.2, 0) is 0 Å². The Bertz CT molecular complexity index is 651. The maximum absolute atomic E-state index is 9.24. The molecule has 1 aromatic heterocycles. The lowest BCUT2D eigenvalue weighted by Gasteiger charge is -2.21. The molecule has 0 atom stereocenters. The van der Waals surface area contributed by atoms with Crippen LogP contribution in [0.2, 0.25) is 0 Å². The monoisotopic (exact) mass is 365 g/mol. The topological polar surface area (TPSA) is 48.7 Å². The van der Waals surface area contributed by atoms with E-state index in [9.17, 15) is 5.26 Å². The average Bonchev–Trinajstić information content (AvgIpc) is 2.35. The van der Waals surface area contributed by atoms with Gasteiger partial charge in [-0.15, -0.1) is 0 Å². The molecule has 0 aliphatic heterocycles. The molecule has 1 N–H and O–H groups in total. The van der Waals surface area contributed by atoms with E-state index < -0.39 is 0 Å². The van der Waals surface area contributed by atoms with Crippen molar-refractivity contribution in [2.45, 2.75) is 20.8 Å². The number of nitriles is 1. The van der Waals surface area contributed by atoms with Crippen LogP contribution in [0.5, 0.6) is 0 Å². The van der Waals surface area contributed by atoms with Crippen LogP contribution in [0.4, 0.5) is 5.69 Å². The number of anilines is 1. The Balaban J connectivity index is 2.56. The van der Waals surface area contributed by atoms with Gasteiger partial charge >= 0.3 is 0 Å². The van der Waals surface area contributed by atoms with Gasteiger partial charge in [-0.25, -0.2) is 0 Å². The molecule has 0 radical (unpaired) electrons. The van der Waals surface area contributed by atoms with Crippen molar-refractivity contribution in [3.05, 3.63) is 33.5 Å². The van der Waals surface area contributed by atoms with Crippen LogP contribution in [0, 0.1) is 20.3 Å². The molecule has 0 unspecified atom stereocenters. The predicted octanol–water partition coefficient (Wildman–Crippen LogP) is 4.17. The highest BCUT2D eigenvalue weighted by atomic mass is 127. The lowest BCUT2D eigenvalue weighted by molar-refractivity contribution is 0.443. The first-order chi connectivity index (χ1) is 8.92. The SMILES string of the molecule is CC(C)(C)CNc1c(C#N)cnc2c(I)cccc12. The van der Waals surface area contributed by atoms with E-state index in [4.69, 9.17) is 0 Å². The fourth-order valence-corrected chi connectivity index (χ4v) is 2.45. The van der Waals surface area contributed by atoms with Gasteiger partial charge in [0, 0.05) is 21.7 Å². The van der Waals surface area contributed by atoms with E-state index in [2.05, 4.69) is 59.7 Å². The van der Waals surface area contributed by atoms with Crippen molar-refractivity contribution in [1.82, 2.24) is 4.98 Å². The van der Waals surface area contributed by atoms with Gasteiger partial charge in [0.2, 0.25) is 0 Å². The van der Waals surface area contributed by atoms with Crippen LogP contribution in [0.15, 0.2) is 24.4 Å². The molecule has 0 fully saturated rings. The average molecular weight is 365 g/mol. The first kappa shape index (κ1) is 14.1. The van der Waals surface area contributed by atoms with Crippen LogP contribution in [0.1, 0.15) is 26.3 Å². The van der Waals surface area contributed by atoms with Gasteiger partial charge in [-0.2, -0.15) is 5.26 Å². The molecule has 0 bridgehead atoms. The fraction of sp³-hybridized carbons (Fsp3) is 0.333. The van der Waals surface area contributed by atoms with Gasteiger partial charge in [0.1, 0.15) is 6.07 Å². The number of aromatic nitrogens is 1. The van der Waals surface area contributed by atoms with E-state index in [0.29, 0.717) is 5.56 Å². The number of hydrogen-bond donors (Lipinski definition) is 1. The third-order valence-corrected chi connectivity index (χ3v) is 3.63. The first-order valence-corrected chi connectivity index (χ1v) is 7.21. The minimum Gasteiger partial charge on any atom is -0.383 e. The summed E-state index contributed by atoms with van der Waals surface area (Å²) >= 11 is 2.27. The number of hydrogen-bond acceptors (Lipinski definition) is 3. The minimum absolute atomic E-state index is 0.157. The summed E-state index contributed by atoms with van der Waals surface area (Å²) in [6.45, 7) is 7.31. The molecular formula is C15H16IN3. The molecule has 98 valence electrons. The van der Waals surface area contributed by atoms with Gasteiger partial charge in [0.25, 0.3) is 0 Å². The summed E-state index contributed by atoms with van der Waals surface area (Å²) in [5.41, 5.74) is 2.59. The van der Waals surface area contributed by atoms with Gasteiger partial charge in [0.15, 0.2) is 0 Å². The number of nitrogens with zero attached hydrogens (tertiary/aromatic N) is 2. The summed E-state index contributed by atoms with van der Waals surface area (Å²) in [4.78, 5) is 4.39. The second kappa shape index (κ2) is 5.33.